The summed E-state index contributed by atoms with van der Waals surface area (Å²) in [6.45, 7) is 9.53. The van der Waals surface area contributed by atoms with E-state index >= 15 is 0 Å². The topological polar surface area (TPSA) is 32.7 Å². The van der Waals surface area contributed by atoms with Gasteiger partial charge in [-0.1, -0.05) is 55.8 Å². The Morgan fingerprint density at radius 2 is 1.86 bits per heavy atom. The van der Waals surface area contributed by atoms with Crippen molar-refractivity contribution >= 4 is 11.6 Å². The van der Waals surface area contributed by atoms with Gasteiger partial charge < -0.3 is 9.84 Å². The molecule has 0 radical (unpaired) electrons. The lowest BCUT2D eigenvalue weighted by molar-refractivity contribution is -0.0168. The number of nitrogens with zero attached hydrogens (tertiary/aromatic N) is 1. The maximum atomic E-state index is 11.1. The maximum Gasteiger partial charge on any atom is 0.138 e. The molecule has 2 aromatic rings. The molecule has 1 heterocycles. The van der Waals surface area contributed by atoms with Crippen molar-refractivity contribution < 1.29 is 9.84 Å². The fourth-order valence-electron chi connectivity index (χ4n) is 3.74. The zero-order chi connectivity index (χ0) is 20.1. The summed E-state index contributed by atoms with van der Waals surface area (Å²) in [4.78, 5) is 2.43. The highest BCUT2D eigenvalue weighted by molar-refractivity contribution is 6.32. The van der Waals surface area contributed by atoms with Crippen LogP contribution in [0.15, 0.2) is 42.5 Å². The van der Waals surface area contributed by atoms with Crippen LogP contribution in [-0.4, -0.2) is 35.3 Å². The van der Waals surface area contributed by atoms with Gasteiger partial charge in [-0.3, -0.25) is 4.90 Å². The fraction of sp³-hybridized carbons (Fsp3) is 0.500. The van der Waals surface area contributed by atoms with E-state index in [2.05, 4.69) is 43.0 Å². The van der Waals surface area contributed by atoms with Crippen molar-refractivity contribution in [3.8, 4) is 5.75 Å². The highest BCUT2D eigenvalue weighted by Crippen LogP contribution is 2.29. The average molecular weight is 402 g/mol. The molecule has 1 atom stereocenters. The molecule has 0 amide bonds. The van der Waals surface area contributed by atoms with Gasteiger partial charge in [-0.25, -0.2) is 0 Å². The smallest absolute Gasteiger partial charge is 0.138 e. The van der Waals surface area contributed by atoms with Crippen molar-refractivity contribution in [1.82, 2.24) is 4.90 Å². The van der Waals surface area contributed by atoms with Crippen molar-refractivity contribution in [3.63, 3.8) is 0 Å². The van der Waals surface area contributed by atoms with E-state index in [0.717, 1.165) is 38.0 Å². The van der Waals surface area contributed by atoms with Crippen LogP contribution in [0.4, 0.5) is 0 Å². The monoisotopic (exact) mass is 401 g/mol. The lowest BCUT2D eigenvalue weighted by atomic mass is 9.96. The van der Waals surface area contributed by atoms with Crippen molar-refractivity contribution in [3.05, 3.63) is 64.2 Å². The Kier molecular flexibility index (Phi) is 7.03. The summed E-state index contributed by atoms with van der Waals surface area (Å²) in [5, 5.41) is 11.7. The van der Waals surface area contributed by atoms with Gasteiger partial charge in [0.1, 0.15) is 12.4 Å². The molecule has 1 fully saturated rings. The molecule has 0 aromatic heterocycles. The van der Waals surface area contributed by atoms with Gasteiger partial charge in [0.15, 0.2) is 0 Å². The van der Waals surface area contributed by atoms with Crippen molar-refractivity contribution in [2.75, 3.05) is 19.7 Å². The molecule has 2 aromatic carbocycles. The quantitative estimate of drug-likeness (QED) is 0.686. The summed E-state index contributed by atoms with van der Waals surface area (Å²) in [5.41, 5.74) is 3.00. The minimum Gasteiger partial charge on any atom is -0.489 e. The van der Waals surface area contributed by atoms with Gasteiger partial charge in [0.05, 0.1) is 10.6 Å². The van der Waals surface area contributed by atoms with E-state index in [0.29, 0.717) is 23.1 Å². The lowest BCUT2D eigenvalue weighted by Gasteiger charge is -2.27. The third-order valence-electron chi connectivity index (χ3n) is 5.65. The highest BCUT2D eigenvalue weighted by Gasteiger charge is 2.31. The van der Waals surface area contributed by atoms with Gasteiger partial charge >= 0.3 is 0 Å². The normalized spacial score (nSPS) is 20.9. The first kappa shape index (κ1) is 21.2. The van der Waals surface area contributed by atoms with Crippen LogP contribution >= 0.6 is 11.6 Å². The van der Waals surface area contributed by atoms with Crippen LogP contribution in [0.25, 0.3) is 0 Å². The minimum absolute atomic E-state index is 0.285. The summed E-state index contributed by atoms with van der Waals surface area (Å²) < 4.78 is 5.90. The van der Waals surface area contributed by atoms with Crippen LogP contribution < -0.4 is 4.74 Å². The number of benzene rings is 2. The second kappa shape index (κ2) is 9.30. The minimum atomic E-state index is -0.802. The largest absolute Gasteiger partial charge is 0.489 e. The van der Waals surface area contributed by atoms with Crippen molar-refractivity contribution in [2.45, 2.75) is 58.1 Å². The first-order valence-electron chi connectivity index (χ1n) is 10.3. The van der Waals surface area contributed by atoms with Crippen LogP contribution in [0.5, 0.6) is 5.75 Å². The number of hydrogen-bond donors (Lipinski definition) is 1. The van der Waals surface area contributed by atoms with Gasteiger partial charge in [0.25, 0.3) is 0 Å². The molecule has 0 saturated carbocycles. The molecule has 152 valence electrons. The first-order chi connectivity index (χ1) is 13.3. The molecule has 4 heteroatoms. The molecule has 1 saturated heterocycles. The number of halogens is 1. The van der Waals surface area contributed by atoms with Gasteiger partial charge in [-0.15, -0.1) is 0 Å². The number of aryl methyl sites for hydroxylation is 1. The Balaban J connectivity index is 1.55. The highest BCUT2D eigenvalue weighted by atomic mass is 35.5. The Morgan fingerprint density at radius 1 is 1.11 bits per heavy atom. The summed E-state index contributed by atoms with van der Waals surface area (Å²) in [5.74, 6) is 1.21. The van der Waals surface area contributed by atoms with E-state index in [4.69, 9.17) is 16.3 Å². The van der Waals surface area contributed by atoms with Crippen LogP contribution in [-0.2, 0) is 6.54 Å². The first-order valence-corrected chi connectivity index (χ1v) is 10.6. The number of ether oxygens (including phenoxy) is 1. The van der Waals surface area contributed by atoms with Gasteiger partial charge in [-0.05, 0) is 67.5 Å². The number of hydrogen-bond acceptors (Lipinski definition) is 3. The van der Waals surface area contributed by atoms with Crippen LogP contribution in [0.2, 0.25) is 5.02 Å². The third-order valence-corrected chi connectivity index (χ3v) is 5.96. The SMILES string of the molecule is Cc1ccc(Cl)c(OC[C@]2(O)CCCN(Cc3ccc(C(C)C)cc3)CC2)c1. The zero-order valence-corrected chi connectivity index (χ0v) is 18.0. The van der Waals surface area contributed by atoms with Gasteiger partial charge in [0, 0.05) is 13.1 Å². The van der Waals surface area contributed by atoms with E-state index in [1.807, 2.05) is 25.1 Å². The summed E-state index contributed by atoms with van der Waals surface area (Å²) in [6, 6.07) is 14.7. The molecule has 1 aliphatic heterocycles. The molecular formula is C24H32ClNO2. The van der Waals surface area contributed by atoms with Crippen molar-refractivity contribution in [2.24, 2.45) is 0 Å². The Labute approximate surface area is 174 Å². The molecule has 28 heavy (non-hydrogen) atoms. The molecule has 3 nitrogen and oxygen atoms in total. The zero-order valence-electron chi connectivity index (χ0n) is 17.2. The van der Waals surface area contributed by atoms with E-state index in [9.17, 15) is 5.11 Å². The number of aliphatic hydroxyl groups is 1. The molecule has 0 spiro atoms. The number of rotatable bonds is 6. The predicted molar refractivity (Wildman–Crippen MR) is 116 cm³/mol. The Morgan fingerprint density at radius 3 is 2.57 bits per heavy atom. The summed E-state index contributed by atoms with van der Waals surface area (Å²) in [6.07, 6.45) is 2.42. The molecule has 1 N–H and O–H groups in total. The predicted octanol–water partition coefficient (Wildman–Crippen LogP) is 5.57. The maximum absolute atomic E-state index is 11.1. The summed E-state index contributed by atoms with van der Waals surface area (Å²) >= 11 is 6.22. The van der Waals surface area contributed by atoms with Crippen LogP contribution in [0.1, 0.15) is 55.7 Å². The van der Waals surface area contributed by atoms with Gasteiger partial charge in [-0.2, -0.15) is 0 Å². The second-order valence-corrected chi connectivity index (χ2v) is 8.88. The standard InChI is InChI=1S/C24H32ClNO2/c1-18(2)21-8-6-20(7-9-21)16-26-13-4-11-24(27,12-14-26)17-28-23-15-19(3)5-10-22(23)25/h5-10,15,18,27H,4,11-14,16-17H2,1-3H3/t24-/m0/s1. The van der Waals surface area contributed by atoms with E-state index in [-0.39, 0.29) is 6.61 Å². The molecule has 0 unspecified atom stereocenters. The lowest BCUT2D eigenvalue weighted by Crippen LogP contribution is -2.37. The van der Waals surface area contributed by atoms with E-state index < -0.39 is 5.60 Å². The molecule has 0 bridgehead atoms. The summed E-state index contributed by atoms with van der Waals surface area (Å²) in [7, 11) is 0. The van der Waals surface area contributed by atoms with Crippen LogP contribution in [0, 0.1) is 6.92 Å². The second-order valence-electron chi connectivity index (χ2n) is 8.47. The van der Waals surface area contributed by atoms with Crippen LogP contribution in [0.3, 0.4) is 0 Å². The van der Waals surface area contributed by atoms with Gasteiger partial charge in [0.2, 0.25) is 0 Å². The molecular weight excluding hydrogens is 370 g/mol. The molecule has 1 aliphatic rings. The Bertz CT molecular complexity index is 775. The Hall–Kier alpha value is -1.55. The molecule has 3 rings (SSSR count). The number of likely N-dealkylation sites (tertiary alicyclic amines) is 1. The fourth-order valence-corrected chi connectivity index (χ4v) is 3.91. The average Bonchev–Trinajstić information content (AvgIpc) is 2.85. The van der Waals surface area contributed by atoms with Crippen molar-refractivity contribution in [1.29, 1.82) is 0 Å². The van der Waals surface area contributed by atoms with E-state index in [1.165, 1.54) is 11.1 Å². The molecule has 0 aliphatic carbocycles. The van der Waals surface area contributed by atoms with E-state index in [1.54, 1.807) is 0 Å². The third kappa shape index (κ3) is 5.73.